The largest absolute Gasteiger partial charge is 0.458 e. The predicted octanol–water partition coefficient (Wildman–Crippen LogP) is 5.60. The minimum atomic E-state index is -0.343. The van der Waals surface area contributed by atoms with Crippen molar-refractivity contribution in [1.29, 1.82) is 0 Å². The zero-order valence-electron chi connectivity index (χ0n) is 16.1. The minimum Gasteiger partial charge on any atom is -0.458 e. The lowest BCUT2D eigenvalue weighted by Crippen LogP contribution is -2.63. The lowest BCUT2D eigenvalue weighted by atomic mass is 9.42. The minimum absolute atomic E-state index is 0.0527. The van der Waals surface area contributed by atoms with Crippen LogP contribution in [0.4, 0.5) is 0 Å². The Labute approximate surface area is 148 Å². The SMILES string of the molecule is CCC(C)(C)C(=O)OC1(CC)CC2CCC1C1C3CCC(CC3)C21. The molecule has 6 aliphatic rings. The van der Waals surface area contributed by atoms with Crippen LogP contribution < -0.4 is 0 Å². The number of rotatable bonds is 4. The molecule has 0 saturated heterocycles. The fourth-order valence-corrected chi connectivity index (χ4v) is 7.13. The number of ether oxygens (including phenoxy) is 1. The van der Waals surface area contributed by atoms with Gasteiger partial charge in [0.1, 0.15) is 5.60 Å². The standard InChI is InChI=1S/C22H36O2/c1-5-21(3,4)20(23)24-22(6-2)13-16-11-12-17(22)19-15-9-7-14(8-10-15)18(16)19/h14-19H,5-13H2,1-4H3. The van der Waals surface area contributed by atoms with Gasteiger partial charge in [-0.2, -0.15) is 0 Å². The van der Waals surface area contributed by atoms with Crippen molar-refractivity contribution in [1.82, 2.24) is 0 Å². The van der Waals surface area contributed by atoms with Gasteiger partial charge in [-0.3, -0.25) is 4.79 Å². The Balaban J connectivity index is 1.62. The molecule has 4 bridgehead atoms. The van der Waals surface area contributed by atoms with Crippen LogP contribution in [-0.2, 0) is 9.53 Å². The Kier molecular flexibility index (Phi) is 4.05. The Hall–Kier alpha value is -0.530. The predicted molar refractivity (Wildman–Crippen MR) is 96.4 cm³/mol. The third kappa shape index (κ3) is 2.31. The van der Waals surface area contributed by atoms with Crippen molar-refractivity contribution in [2.75, 3.05) is 0 Å². The molecule has 6 rings (SSSR count). The van der Waals surface area contributed by atoms with Crippen LogP contribution in [0.25, 0.3) is 0 Å². The molecule has 5 atom stereocenters. The van der Waals surface area contributed by atoms with Crippen molar-refractivity contribution < 1.29 is 9.53 Å². The first kappa shape index (κ1) is 16.9. The van der Waals surface area contributed by atoms with Gasteiger partial charge >= 0.3 is 5.97 Å². The molecule has 0 aliphatic heterocycles. The summed E-state index contributed by atoms with van der Waals surface area (Å²) in [5, 5.41) is 0. The van der Waals surface area contributed by atoms with E-state index in [2.05, 4.69) is 13.8 Å². The van der Waals surface area contributed by atoms with Gasteiger partial charge in [0, 0.05) is 5.92 Å². The van der Waals surface area contributed by atoms with Gasteiger partial charge in [-0.25, -0.2) is 0 Å². The Morgan fingerprint density at radius 2 is 1.54 bits per heavy atom. The first-order valence-corrected chi connectivity index (χ1v) is 10.7. The summed E-state index contributed by atoms with van der Waals surface area (Å²) < 4.78 is 6.44. The monoisotopic (exact) mass is 332 g/mol. The average molecular weight is 333 g/mol. The second-order valence-electron chi connectivity index (χ2n) is 10.0. The Morgan fingerprint density at radius 1 is 0.958 bits per heavy atom. The van der Waals surface area contributed by atoms with E-state index in [0.717, 1.165) is 48.9 Å². The molecule has 0 radical (unpaired) electrons. The number of carbonyl (C=O) groups excluding carboxylic acids is 1. The van der Waals surface area contributed by atoms with E-state index in [9.17, 15) is 4.79 Å². The Bertz CT molecular complexity index is 502. The maximum atomic E-state index is 12.9. The van der Waals surface area contributed by atoms with Gasteiger partial charge in [0.25, 0.3) is 0 Å². The van der Waals surface area contributed by atoms with E-state index in [4.69, 9.17) is 4.74 Å². The number of hydrogen-bond acceptors (Lipinski definition) is 2. The summed E-state index contributed by atoms with van der Waals surface area (Å²) in [6.07, 6.45) is 11.6. The Morgan fingerprint density at radius 3 is 2.12 bits per heavy atom. The van der Waals surface area contributed by atoms with Crippen LogP contribution in [0.15, 0.2) is 0 Å². The van der Waals surface area contributed by atoms with Gasteiger partial charge < -0.3 is 4.74 Å². The topological polar surface area (TPSA) is 26.3 Å². The van der Waals surface area contributed by atoms with Crippen LogP contribution >= 0.6 is 0 Å². The first-order valence-electron chi connectivity index (χ1n) is 10.7. The molecular formula is C22H36O2. The van der Waals surface area contributed by atoms with Gasteiger partial charge in [0.2, 0.25) is 0 Å². The van der Waals surface area contributed by atoms with Crippen LogP contribution in [0.5, 0.6) is 0 Å². The molecule has 2 nitrogen and oxygen atoms in total. The normalized spacial score (nSPS) is 46.7. The highest BCUT2D eigenvalue weighted by molar-refractivity contribution is 5.76. The van der Waals surface area contributed by atoms with Crippen LogP contribution in [-0.4, -0.2) is 11.6 Å². The summed E-state index contributed by atoms with van der Waals surface area (Å²) in [5.41, 5.74) is -0.491. The molecule has 24 heavy (non-hydrogen) atoms. The van der Waals surface area contributed by atoms with Crippen LogP contribution in [0.1, 0.15) is 85.5 Å². The molecule has 6 aliphatic carbocycles. The molecule has 6 fully saturated rings. The smallest absolute Gasteiger partial charge is 0.312 e. The number of esters is 1. The van der Waals surface area contributed by atoms with Crippen molar-refractivity contribution in [3.8, 4) is 0 Å². The number of hydrogen-bond donors (Lipinski definition) is 0. The van der Waals surface area contributed by atoms with Crippen LogP contribution in [0.3, 0.4) is 0 Å². The van der Waals surface area contributed by atoms with Crippen molar-refractivity contribution in [2.45, 2.75) is 91.1 Å². The lowest BCUT2D eigenvalue weighted by Gasteiger charge is -2.65. The fourth-order valence-electron chi connectivity index (χ4n) is 7.13. The van der Waals surface area contributed by atoms with E-state index in [1.54, 1.807) is 0 Å². The molecule has 0 N–H and O–H groups in total. The van der Waals surface area contributed by atoms with Gasteiger partial charge in [-0.15, -0.1) is 0 Å². The van der Waals surface area contributed by atoms with E-state index in [1.165, 1.54) is 38.5 Å². The van der Waals surface area contributed by atoms with Gasteiger partial charge in [0.05, 0.1) is 5.41 Å². The quantitative estimate of drug-likeness (QED) is 0.627. The third-order valence-corrected chi connectivity index (χ3v) is 8.82. The molecule has 0 amide bonds. The summed E-state index contributed by atoms with van der Waals surface area (Å²) in [6.45, 7) is 8.46. The maximum Gasteiger partial charge on any atom is 0.312 e. The molecule has 0 aromatic carbocycles. The van der Waals surface area contributed by atoms with E-state index < -0.39 is 0 Å². The highest BCUT2D eigenvalue weighted by Crippen LogP contribution is 2.66. The van der Waals surface area contributed by atoms with Crippen LogP contribution in [0.2, 0.25) is 0 Å². The molecule has 136 valence electrons. The summed E-state index contributed by atoms with van der Waals surface area (Å²) >= 11 is 0. The van der Waals surface area contributed by atoms with Crippen molar-refractivity contribution in [3.05, 3.63) is 0 Å². The number of fused-ring (bicyclic) bond motifs is 4. The van der Waals surface area contributed by atoms with E-state index in [1.807, 2.05) is 13.8 Å². The molecule has 0 aromatic heterocycles. The fraction of sp³-hybridized carbons (Fsp3) is 0.955. The molecule has 6 saturated carbocycles. The van der Waals surface area contributed by atoms with Gasteiger partial charge in [-0.1, -0.05) is 13.8 Å². The van der Waals surface area contributed by atoms with Crippen molar-refractivity contribution in [3.63, 3.8) is 0 Å². The first-order chi connectivity index (χ1) is 11.4. The average Bonchev–Trinajstić information content (AvgIpc) is 2.63. The second-order valence-corrected chi connectivity index (χ2v) is 10.0. The highest BCUT2D eigenvalue weighted by Gasteiger charge is 2.63. The summed E-state index contributed by atoms with van der Waals surface area (Å²) in [7, 11) is 0. The molecule has 0 spiro atoms. The molecule has 5 unspecified atom stereocenters. The zero-order chi connectivity index (χ0) is 17.1. The summed E-state index contributed by atoms with van der Waals surface area (Å²) in [6, 6.07) is 0. The van der Waals surface area contributed by atoms with Crippen molar-refractivity contribution in [2.24, 2.45) is 40.9 Å². The second kappa shape index (κ2) is 5.74. The van der Waals surface area contributed by atoms with E-state index >= 15 is 0 Å². The third-order valence-electron chi connectivity index (χ3n) is 8.82. The van der Waals surface area contributed by atoms with E-state index in [0.29, 0.717) is 5.92 Å². The maximum absolute atomic E-state index is 12.9. The lowest BCUT2D eigenvalue weighted by molar-refractivity contribution is -0.229. The zero-order valence-corrected chi connectivity index (χ0v) is 16.1. The van der Waals surface area contributed by atoms with Crippen molar-refractivity contribution >= 4 is 5.97 Å². The summed E-state index contributed by atoms with van der Waals surface area (Å²) in [4.78, 5) is 12.9. The molecule has 0 heterocycles. The van der Waals surface area contributed by atoms with Gasteiger partial charge in [-0.05, 0) is 101 Å². The summed E-state index contributed by atoms with van der Waals surface area (Å²) in [5.74, 6) is 5.27. The molecule has 2 heteroatoms. The number of carbonyl (C=O) groups is 1. The van der Waals surface area contributed by atoms with Gasteiger partial charge in [0.15, 0.2) is 0 Å². The van der Waals surface area contributed by atoms with Crippen LogP contribution in [0, 0.1) is 40.9 Å². The molecule has 0 aromatic rings. The highest BCUT2D eigenvalue weighted by atomic mass is 16.6. The molecular weight excluding hydrogens is 296 g/mol. The van der Waals surface area contributed by atoms with E-state index in [-0.39, 0.29) is 17.0 Å².